The van der Waals surface area contributed by atoms with E-state index in [9.17, 15) is 9.59 Å². The third-order valence-electron chi connectivity index (χ3n) is 2.90. The fourth-order valence-corrected chi connectivity index (χ4v) is 1.72. The first-order chi connectivity index (χ1) is 8.08. The van der Waals surface area contributed by atoms with Gasteiger partial charge in [-0.25, -0.2) is 4.79 Å². The van der Waals surface area contributed by atoms with Crippen molar-refractivity contribution >= 4 is 17.6 Å². The number of nitrogens with one attached hydrogen (secondary N) is 2. The Bertz CT molecular complexity index is 444. The monoisotopic (exact) mass is 232 g/mol. The standard InChI is InChI=1S/C13H16N2O2/c1-8-4-3-5-9(2)11(8)14-13(17)15-12(16)10-6-7-10/h3-5,10H,6-7H2,1-2H3,(H2,14,15,16,17). The number of hydrogen-bond donors (Lipinski definition) is 2. The molecule has 4 nitrogen and oxygen atoms in total. The van der Waals surface area contributed by atoms with Crippen molar-refractivity contribution in [3.05, 3.63) is 29.3 Å². The number of carbonyl (C=O) groups excluding carboxylic acids is 2. The molecule has 0 aromatic heterocycles. The summed E-state index contributed by atoms with van der Waals surface area (Å²) in [5, 5.41) is 5.08. The molecule has 3 amide bonds. The molecule has 2 rings (SSSR count). The zero-order chi connectivity index (χ0) is 12.4. The van der Waals surface area contributed by atoms with Crippen LogP contribution >= 0.6 is 0 Å². The Labute approximate surface area is 100 Å². The average Bonchev–Trinajstić information content (AvgIpc) is 3.07. The second kappa shape index (κ2) is 4.57. The number of hydrogen-bond acceptors (Lipinski definition) is 2. The van der Waals surface area contributed by atoms with Crippen LogP contribution in [0.2, 0.25) is 0 Å². The summed E-state index contributed by atoms with van der Waals surface area (Å²) in [5.41, 5.74) is 2.74. The first-order valence-electron chi connectivity index (χ1n) is 5.76. The van der Waals surface area contributed by atoms with Crippen LogP contribution in [0.1, 0.15) is 24.0 Å². The molecule has 90 valence electrons. The summed E-state index contributed by atoms with van der Waals surface area (Å²) < 4.78 is 0. The maximum Gasteiger partial charge on any atom is 0.325 e. The van der Waals surface area contributed by atoms with E-state index in [-0.39, 0.29) is 11.8 Å². The summed E-state index contributed by atoms with van der Waals surface area (Å²) in [5.74, 6) is -0.132. The first-order valence-corrected chi connectivity index (χ1v) is 5.76. The van der Waals surface area contributed by atoms with Crippen LogP contribution in [0.15, 0.2) is 18.2 Å². The highest BCUT2D eigenvalue weighted by Crippen LogP contribution is 2.28. The largest absolute Gasteiger partial charge is 0.325 e. The number of benzene rings is 1. The predicted octanol–water partition coefficient (Wildman–Crippen LogP) is 2.36. The average molecular weight is 232 g/mol. The molecular formula is C13H16N2O2. The zero-order valence-electron chi connectivity index (χ0n) is 10.0. The van der Waals surface area contributed by atoms with Gasteiger partial charge in [-0.3, -0.25) is 10.1 Å². The molecular weight excluding hydrogens is 216 g/mol. The minimum Gasteiger partial charge on any atom is -0.307 e. The SMILES string of the molecule is Cc1cccc(C)c1NC(=O)NC(=O)C1CC1. The van der Waals surface area contributed by atoms with E-state index in [1.165, 1.54) is 0 Å². The Balaban J connectivity index is 2.00. The number of imide groups is 1. The number of urea groups is 1. The molecule has 0 saturated heterocycles. The molecule has 0 spiro atoms. The second-order valence-corrected chi connectivity index (χ2v) is 4.48. The summed E-state index contributed by atoms with van der Waals surface area (Å²) in [6, 6.07) is 5.33. The molecule has 0 heterocycles. The van der Waals surface area contributed by atoms with Crippen LogP contribution < -0.4 is 10.6 Å². The fraction of sp³-hybridized carbons (Fsp3) is 0.385. The lowest BCUT2D eigenvalue weighted by Crippen LogP contribution is -2.35. The maximum atomic E-state index is 11.6. The highest BCUT2D eigenvalue weighted by molar-refractivity contribution is 6.03. The molecule has 1 aliphatic rings. The van der Waals surface area contributed by atoms with E-state index in [0.29, 0.717) is 0 Å². The topological polar surface area (TPSA) is 58.2 Å². The van der Waals surface area contributed by atoms with Gasteiger partial charge >= 0.3 is 6.03 Å². The molecule has 1 fully saturated rings. The minimum absolute atomic E-state index is 0.0405. The molecule has 1 aromatic carbocycles. The van der Waals surface area contributed by atoms with Crippen LogP contribution in [0.4, 0.5) is 10.5 Å². The van der Waals surface area contributed by atoms with E-state index in [2.05, 4.69) is 10.6 Å². The Morgan fingerprint density at radius 2 is 1.76 bits per heavy atom. The van der Waals surface area contributed by atoms with Gasteiger partial charge in [-0.05, 0) is 37.8 Å². The molecule has 1 aromatic rings. The molecule has 0 atom stereocenters. The zero-order valence-corrected chi connectivity index (χ0v) is 10.0. The molecule has 4 heteroatoms. The van der Waals surface area contributed by atoms with Gasteiger partial charge in [-0.15, -0.1) is 0 Å². The predicted molar refractivity (Wildman–Crippen MR) is 65.8 cm³/mol. The van der Waals surface area contributed by atoms with Crippen molar-refractivity contribution in [3.8, 4) is 0 Å². The van der Waals surface area contributed by atoms with Gasteiger partial charge in [0.2, 0.25) is 5.91 Å². The van der Waals surface area contributed by atoms with E-state index >= 15 is 0 Å². The van der Waals surface area contributed by atoms with Crippen molar-refractivity contribution in [1.82, 2.24) is 5.32 Å². The molecule has 0 bridgehead atoms. The Kier molecular flexibility index (Phi) is 3.13. The summed E-state index contributed by atoms with van der Waals surface area (Å²) >= 11 is 0. The van der Waals surface area contributed by atoms with Gasteiger partial charge < -0.3 is 5.32 Å². The van der Waals surface area contributed by atoms with E-state index in [4.69, 9.17) is 0 Å². The summed E-state index contributed by atoms with van der Waals surface area (Å²) in [7, 11) is 0. The van der Waals surface area contributed by atoms with E-state index in [1.807, 2.05) is 32.0 Å². The van der Waals surface area contributed by atoms with Crippen molar-refractivity contribution in [2.24, 2.45) is 5.92 Å². The molecule has 1 aliphatic carbocycles. The number of aryl methyl sites for hydroxylation is 2. The van der Waals surface area contributed by atoms with Gasteiger partial charge in [0.05, 0.1) is 0 Å². The number of para-hydroxylation sites is 1. The summed E-state index contributed by atoms with van der Waals surface area (Å²) in [4.78, 5) is 23.0. The number of rotatable bonds is 2. The Morgan fingerprint density at radius 3 is 2.29 bits per heavy atom. The van der Waals surface area contributed by atoms with Gasteiger partial charge in [0.1, 0.15) is 0 Å². The van der Waals surface area contributed by atoms with Crippen molar-refractivity contribution in [3.63, 3.8) is 0 Å². The maximum absolute atomic E-state index is 11.6. The number of amides is 3. The lowest BCUT2D eigenvalue weighted by Gasteiger charge is -2.11. The second-order valence-electron chi connectivity index (χ2n) is 4.48. The van der Waals surface area contributed by atoms with E-state index < -0.39 is 6.03 Å². The molecule has 1 saturated carbocycles. The third kappa shape index (κ3) is 2.84. The quantitative estimate of drug-likeness (QED) is 0.822. The smallest absolute Gasteiger partial charge is 0.307 e. The summed E-state index contributed by atoms with van der Waals surface area (Å²) in [6.07, 6.45) is 1.78. The van der Waals surface area contributed by atoms with Crippen molar-refractivity contribution < 1.29 is 9.59 Å². The van der Waals surface area contributed by atoms with Gasteiger partial charge in [0.15, 0.2) is 0 Å². The van der Waals surface area contributed by atoms with Crippen molar-refractivity contribution in [2.45, 2.75) is 26.7 Å². The fourth-order valence-electron chi connectivity index (χ4n) is 1.72. The van der Waals surface area contributed by atoms with Gasteiger partial charge in [-0.2, -0.15) is 0 Å². The number of carbonyl (C=O) groups is 2. The molecule has 0 aliphatic heterocycles. The Morgan fingerprint density at radius 1 is 1.18 bits per heavy atom. The number of anilines is 1. The molecule has 0 unspecified atom stereocenters. The van der Waals surface area contributed by atoms with E-state index in [1.54, 1.807) is 0 Å². The van der Waals surface area contributed by atoms with Crippen LogP contribution in [-0.4, -0.2) is 11.9 Å². The van der Waals surface area contributed by atoms with E-state index in [0.717, 1.165) is 29.7 Å². The molecule has 0 radical (unpaired) electrons. The highest BCUT2D eigenvalue weighted by Gasteiger charge is 2.30. The summed E-state index contributed by atoms with van der Waals surface area (Å²) in [6.45, 7) is 3.84. The first kappa shape index (κ1) is 11.6. The van der Waals surface area contributed by atoms with Crippen LogP contribution in [0.5, 0.6) is 0 Å². The van der Waals surface area contributed by atoms with Crippen LogP contribution in [0.25, 0.3) is 0 Å². The third-order valence-corrected chi connectivity index (χ3v) is 2.90. The Hall–Kier alpha value is -1.84. The van der Waals surface area contributed by atoms with Crippen molar-refractivity contribution in [2.75, 3.05) is 5.32 Å². The molecule has 2 N–H and O–H groups in total. The minimum atomic E-state index is -0.445. The van der Waals surface area contributed by atoms with Crippen LogP contribution in [0.3, 0.4) is 0 Å². The van der Waals surface area contributed by atoms with Crippen LogP contribution in [-0.2, 0) is 4.79 Å². The van der Waals surface area contributed by atoms with Gasteiger partial charge in [0.25, 0.3) is 0 Å². The van der Waals surface area contributed by atoms with Crippen LogP contribution in [0, 0.1) is 19.8 Å². The lowest BCUT2D eigenvalue weighted by atomic mass is 10.1. The lowest BCUT2D eigenvalue weighted by molar-refractivity contribution is -0.121. The molecule has 17 heavy (non-hydrogen) atoms. The normalized spacial score (nSPS) is 14.2. The van der Waals surface area contributed by atoms with Crippen molar-refractivity contribution in [1.29, 1.82) is 0 Å². The van der Waals surface area contributed by atoms with Gasteiger partial charge in [-0.1, -0.05) is 18.2 Å². The highest BCUT2D eigenvalue weighted by atomic mass is 16.2. The van der Waals surface area contributed by atoms with Gasteiger partial charge in [0, 0.05) is 11.6 Å².